The molecule has 1 heterocycles. The van der Waals surface area contributed by atoms with Crippen molar-refractivity contribution in [2.75, 3.05) is 33.3 Å². The van der Waals surface area contributed by atoms with Crippen LogP contribution < -0.4 is 5.32 Å². The number of rotatable bonds is 4. The molecule has 1 aliphatic heterocycles. The van der Waals surface area contributed by atoms with Crippen LogP contribution in [0.15, 0.2) is 0 Å². The third kappa shape index (κ3) is 3.64. The van der Waals surface area contributed by atoms with Crippen LogP contribution in [0.25, 0.3) is 0 Å². The second kappa shape index (κ2) is 5.98. The number of carbonyl (C=O) groups excluding carboxylic acids is 1. The van der Waals surface area contributed by atoms with Gasteiger partial charge in [-0.05, 0) is 26.4 Å². The van der Waals surface area contributed by atoms with Crippen LogP contribution in [0, 0.1) is 0 Å². The van der Waals surface area contributed by atoms with E-state index in [0.717, 1.165) is 32.5 Å². The molecule has 14 heavy (non-hydrogen) atoms. The Morgan fingerprint density at radius 1 is 1.64 bits per heavy atom. The Labute approximate surface area is 85.6 Å². The fourth-order valence-electron chi connectivity index (χ4n) is 1.69. The summed E-state index contributed by atoms with van der Waals surface area (Å²) in [4.78, 5) is 13.0. The van der Waals surface area contributed by atoms with Crippen molar-refractivity contribution < 1.29 is 9.53 Å². The maximum Gasteiger partial charge on any atom is 0.219 e. The van der Waals surface area contributed by atoms with Crippen molar-refractivity contribution in [1.82, 2.24) is 10.2 Å². The van der Waals surface area contributed by atoms with Crippen LogP contribution in [-0.4, -0.2) is 50.2 Å². The van der Waals surface area contributed by atoms with Crippen molar-refractivity contribution >= 4 is 5.91 Å². The molecule has 0 saturated carbocycles. The molecule has 0 aromatic rings. The fourth-order valence-corrected chi connectivity index (χ4v) is 1.69. The van der Waals surface area contributed by atoms with Crippen LogP contribution in [0.5, 0.6) is 0 Å². The lowest BCUT2D eigenvalue weighted by molar-refractivity contribution is -0.136. The molecule has 82 valence electrons. The molecule has 4 nitrogen and oxygen atoms in total. The number of carbonyl (C=O) groups is 1. The minimum atomic E-state index is 0.159. The summed E-state index contributed by atoms with van der Waals surface area (Å²) in [5.74, 6) is 0.159. The van der Waals surface area contributed by atoms with Gasteiger partial charge in [-0.2, -0.15) is 0 Å². The molecule has 1 atom stereocenters. The van der Waals surface area contributed by atoms with E-state index in [1.807, 2.05) is 11.9 Å². The van der Waals surface area contributed by atoms with Crippen LogP contribution >= 0.6 is 0 Å². The molecular weight excluding hydrogens is 180 g/mol. The van der Waals surface area contributed by atoms with Gasteiger partial charge in [-0.1, -0.05) is 0 Å². The van der Waals surface area contributed by atoms with E-state index in [4.69, 9.17) is 4.74 Å². The third-order valence-corrected chi connectivity index (χ3v) is 2.54. The SMILES string of the molecule is CNCCC[C@@H]1CN(C(C)=O)CCO1. The van der Waals surface area contributed by atoms with Gasteiger partial charge in [-0.3, -0.25) is 4.79 Å². The van der Waals surface area contributed by atoms with Gasteiger partial charge in [-0.15, -0.1) is 0 Å². The van der Waals surface area contributed by atoms with E-state index in [1.165, 1.54) is 0 Å². The number of nitrogens with one attached hydrogen (secondary N) is 1. The maximum absolute atomic E-state index is 11.1. The van der Waals surface area contributed by atoms with Crippen molar-refractivity contribution in [3.63, 3.8) is 0 Å². The molecule has 0 radical (unpaired) electrons. The molecule has 4 heteroatoms. The quantitative estimate of drug-likeness (QED) is 0.661. The molecule has 1 N–H and O–H groups in total. The fraction of sp³-hybridized carbons (Fsp3) is 0.900. The van der Waals surface area contributed by atoms with E-state index in [-0.39, 0.29) is 12.0 Å². The number of hydrogen-bond acceptors (Lipinski definition) is 3. The normalized spacial score (nSPS) is 22.4. The van der Waals surface area contributed by atoms with Crippen LogP contribution in [0.1, 0.15) is 19.8 Å². The predicted octanol–water partition coefficient (Wildman–Crippen LogP) is 0.233. The first-order valence-corrected chi connectivity index (χ1v) is 5.25. The zero-order chi connectivity index (χ0) is 10.4. The van der Waals surface area contributed by atoms with Gasteiger partial charge in [0.05, 0.1) is 12.7 Å². The Morgan fingerprint density at radius 2 is 2.43 bits per heavy atom. The van der Waals surface area contributed by atoms with Crippen LogP contribution in [0.2, 0.25) is 0 Å². The number of morpholine rings is 1. The lowest BCUT2D eigenvalue weighted by atomic mass is 10.1. The molecule has 1 amide bonds. The van der Waals surface area contributed by atoms with Gasteiger partial charge in [0.15, 0.2) is 0 Å². The van der Waals surface area contributed by atoms with E-state index in [1.54, 1.807) is 6.92 Å². The minimum absolute atomic E-state index is 0.159. The number of amides is 1. The van der Waals surface area contributed by atoms with Crippen molar-refractivity contribution in [2.24, 2.45) is 0 Å². The second-order valence-corrected chi connectivity index (χ2v) is 3.70. The van der Waals surface area contributed by atoms with E-state index in [0.29, 0.717) is 6.61 Å². The highest BCUT2D eigenvalue weighted by molar-refractivity contribution is 5.73. The van der Waals surface area contributed by atoms with Crippen LogP contribution in [0.3, 0.4) is 0 Å². The number of hydrogen-bond donors (Lipinski definition) is 1. The molecule has 0 spiro atoms. The maximum atomic E-state index is 11.1. The molecule has 1 aliphatic rings. The Balaban J connectivity index is 2.22. The summed E-state index contributed by atoms with van der Waals surface area (Å²) in [6.07, 6.45) is 2.37. The lowest BCUT2D eigenvalue weighted by Crippen LogP contribution is -2.44. The molecule has 0 aromatic carbocycles. The first-order chi connectivity index (χ1) is 6.74. The summed E-state index contributed by atoms with van der Waals surface area (Å²) in [6, 6.07) is 0. The summed E-state index contributed by atoms with van der Waals surface area (Å²) < 4.78 is 5.58. The van der Waals surface area contributed by atoms with Crippen LogP contribution in [0.4, 0.5) is 0 Å². The Morgan fingerprint density at radius 3 is 3.07 bits per heavy atom. The summed E-state index contributed by atoms with van der Waals surface area (Å²) in [7, 11) is 1.95. The van der Waals surface area contributed by atoms with Gasteiger partial charge in [0.2, 0.25) is 5.91 Å². The Bertz CT molecular complexity index is 185. The average Bonchev–Trinajstić information content (AvgIpc) is 2.19. The summed E-state index contributed by atoms with van der Waals surface area (Å²) in [5.41, 5.74) is 0. The zero-order valence-corrected chi connectivity index (χ0v) is 9.08. The summed E-state index contributed by atoms with van der Waals surface area (Å²) in [6.45, 7) is 4.83. The highest BCUT2D eigenvalue weighted by Crippen LogP contribution is 2.10. The first-order valence-electron chi connectivity index (χ1n) is 5.25. The van der Waals surface area contributed by atoms with Crippen molar-refractivity contribution in [3.05, 3.63) is 0 Å². The lowest BCUT2D eigenvalue weighted by Gasteiger charge is -2.32. The topological polar surface area (TPSA) is 41.6 Å². The molecule has 1 rings (SSSR count). The number of nitrogens with zero attached hydrogens (tertiary/aromatic N) is 1. The van der Waals surface area contributed by atoms with E-state index >= 15 is 0 Å². The molecule has 1 saturated heterocycles. The minimum Gasteiger partial charge on any atom is -0.375 e. The van der Waals surface area contributed by atoms with Gasteiger partial charge >= 0.3 is 0 Å². The van der Waals surface area contributed by atoms with Gasteiger partial charge in [-0.25, -0.2) is 0 Å². The number of ether oxygens (including phenoxy) is 1. The van der Waals surface area contributed by atoms with Crippen molar-refractivity contribution in [1.29, 1.82) is 0 Å². The highest BCUT2D eigenvalue weighted by Gasteiger charge is 2.21. The summed E-state index contributed by atoms with van der Waals surface area (Å²) >= 11 is 0. The molecule has 1 fully saturated rings. The molecule has 0 bridgehead atoms. The monoisotopic (exact) mass is 200 g/mol. The standard InChI is InChI=1S/C10H20N2O2/c1-9(13)12-6-7-14-10(8-12)4-3-5-11-2/h10-11H,3-8H2,1-2H3/t10-/m1/s1. The highest BCUT2D eigenvalue weighted by atomic mass is 16.5. The van der Waals surface area contributed by atoms with Crippen LogP contribution in [-0.2, 0) is 9.53 Å². The van der Waals surface area contributed by atoms with Crippen molar-refractivity contribution in [3.8, 4) is 0 Å². The molecule has 0 unspecified atom stereocenters. The van der Waals surface area contributed by atoms with E-state index < -0.39 is 0 Å². The first kappa shape index (κ1) is 11.5. The largest absolute Gasteiger partial charge is 0.375 e. The molecular formula is C10H20N2O2. The smallest absolute Gasteiger partial charge is 0.219 e. The average molecular weight is 200 g/mol. The van der Waals surface area contributed by atoms with Gasteiger partial charge in [0.1, 0.15) is 0 Å². The molecule has 0 aliphatic carbocycles. The Hall–Kier alpha value is -0.610. The van der Waals surface area contributed by atoms with Crippen molar-refractivity contribution in [2.45, 2.75) is 25.9 Å². The Kier molecular flexibility index (Phi) is 4.90. The zero-order valence-electron chi connectivity index (χ0n) is 9.08. The second-order valence-electron chi connectivity index (χ2n) is 3.70. The third-order valence-electron chi connectivity index (χ3n) is 2.54. The van der Waals surface area contributed by atoms with Gasteiger partial charge < -0.3 is 15.0 Å². The van der Waals surface area contributed by atoms with Gasteiger partial charge in [0, 0.05) is 20.0 Å². The van der Waals surface area contributed by atoms with Gasteiger partial charge in [0.25, 0.3) is 0 Å². The van der Waals surface area contributed by atoms with E-state index in [9.17, 15) is 4.79 Å². The van der Waals surface area contributed by atoms with E-state index in [2.05, 4.69) is 5.32 Å². The predicted molar refractivity (Wildman–Crippen MR) is 55.2 cm³/mol. The summed E-state index contributed by atoms with van der Waals surface area (Å²) in [5, 5.41) is 3.11. The molecule has 0 aromatic heterocycles.